The Labute approximate surface area is 388 Å². The molecule has 2 aromatic heterocycles. The van der Waals surface area contributed by atoms with E-state index in [2.05, 4.69) is 235 Å². The second kappa shape index (κ2) is 16.0. The molecule has 0 bridgehead atoms. The summed E-state index contributed by atoms with van der Waals surface area (Å²) in [4.78, 5) is 10.3. The fourth-order valence-corrected chi connectivity index (χ4v) is 10.2. The molecule has 0 N–H and O–H groups in total. The Morgan fingerprint density at radius 2 is 0.746 bits per heavy atom. The largest absolute Gasteiger partial charge is 0.309 e. The summed E-state index contributed by atoms with van der Waals surface area (Å²) in [5.41, 5.74) is 15.4. The molecule has 2 heterocycles. The molecule has 0 spiro atoms. The van der Waals surface area contributed by atoms with Crippen LogP contribution in [0.4, 0.5) is 0 Å². The molecule has 13 aromatic rings. The van der Waals surface area contributed by atoms with Crippen LogP contribution in [0, 0.1) is 0 Å². The van der Waals surface area contributed by atoms with Crippen LogP contribution in [0.2, 0.25) is 0 Å². The van der Waals surface area contributed by atoms with E-state index in [4.69, 9.17) is 9.97 Å². The number of rotatable bonds is 7. The van der Waals surface area contributed by atoms with E-state index in [9.17, 15) is 0 Å². The van der Waals surface area contributed by atoms with Crippen LogP contribution >= 0.6 is 0 Å². The number of benzene rings is 11. The number of hydrogen-bond acceptors (Lipinski definition) is 2. The molecule has 0 amide bonds. The Morgan fingerprint density at radius 3 is 1.52 bits per heavy atom. The van der Waals surface area contributed by atoms with Crippen molar-refractivity contribution in [2.75, 3.05) is 0 Å². The smallest absolute Gasteiger partial charge is 0.160 e. The van der Waals surface area contributed by atoms with Gasteiger partial charge in [-0.15, -0.1) is 0 Å². The predicted molar refractivity (Wildman–Crippen MR) is 282 cm³/mol. The van der Waals surface area contributed by atoms with Gasteiger partial charge in [0, 0.05) is 33.2 Å². The van der Waals surface area contributed by atoms with Crippen molar-refractivity contribution >= 4 is 54.1 Å². The predicted octanol–water partition coefficient (Wildman–Crippen LogP) is 17.0. The van der Waals surface area contributed by atoms with Gasteiger partial charge in [0.25, 0.3) is 0 Å². The van der Waals surface area contributed by atoms with E-state index in [0.29, 0.717) is 5.82 Å². The van der Waals surface area contributed by atoms with Crippen LogP contribution in [0.25, 0.3) is 127 Å². The van der Waals surface area contributed by atoms with E-state index < -0.39 is 0 Å². The van der Waals surface area contributed by atoms with Gasteiger partial charge in [-0.05, 0) is 108 Å². The van der Waals surface area contributed by atoms with Gasteiger partial charge in [0.05, 0.1) is 22.4 Å². The van der Waals surface area contributed by atoms with Crippen LogP contribution in [0.15, 0.2) is 249 Å². The molecule has 3 nitrogen and oxygen atoms in total. The molecule has 13 rings (SSSR count). The number of hydrogen-bond donors (Lipinski definition) is 0. The Morgan fingerprint density at radius 1 is 0.254 bits per heavy atom. The van der Waals surface area contributed by atoms with E-state index in [1.54, 1.807) is 0 Å². The molecular weight excluding hydrogens is 811 g/mol. The monoisotopic (exact) mass is 851 g/mol. The van der Waals surface area contributed by atoms with Crippen LogP contribution in [-0.4, -0.2) is 14.5 Å². The normalized spacial score (nSPS) is 11.6. The molecule has 0 saturated carbocycles. The molecule has 3 heteroatoms. The molecule has 312 valence electrons. The second-order valence-electron chi connectivity index (χ2n) is 17.3. The summed E-state index contributed by atoms with van der Waals surface area (Å²) in [6.45, 7) is 0. The first-order chi connectivity index (χ1) is 33.2. The Bertz CT molecular complexity index is 4000. The first kappa shape index (κ1) is 38.5. The SMILES string of the molecule is c1ccc(-c2ccc(-c3cc(-c4cccc(-c5ccc6c(c5)c5ccccc5c5cccc(-c7ccc8c9ccccc9n(-c9ccccc9)c8c7)c56)c4)nc(-c4ccccc4)n3)cc2)cc1. The van der Waals surface area contributed by atoms with Crippen molar-refractivity contribution in [2.24, 2.45) is 0 Å². The Kier molecular flexibility index (Phi) is 9.17. The van der Waals surface area contributed by atoms with Gasteiger partial charge in [-0.25, -0.2) is 9.97 Å². The summed E-state index contributed by atoms with van der Waals surface area (Å²) in [6, 6.07) is 89.5. The van der Waals surface area contributed by atoms with E-state index >= 15 is 0 Å². The minimum Gasteiger partial charge on any atom is -0.309 e. The van der Waals surface area contributed by atoms with Crippen LogP contribution < -0.4 is 0 Å². The lowest BCUT2D eigenvalue weighted by Crippen LogP contribution is -1.96. The zero-order chi connectivity index (χ0) is 44.3. The molecule has 67 heavy (non-hydrogen) atoms. The van der Waals surface area contributed by atoms with Gasteiger partial charge in [0.2, 0.25) is 0 Å². The van der Waals surface area contributed by atoms with E-state index in [1.165, 1.54) is 76.4 Å². The van der Waals surface area contributed by atoms with Crippen molar-refractivity contribution in [1.82, 2.24) is 14.5 Å². The van der Waals surface area contributed by atoms with Gasteiger partial charge in [0.1, 0.15) is 0 Å². The molecule has 0 unspecified atom stereocenters. The Hall–Kier alpha value is -8.92. The third-order valence-corrected chi connectivity index (χ3v) is 13.4. The average Bonchev–Trinajstić information content (AvgIpc) is 3.75. The van der Waals surface area contributed by atoms with Gasteiger partial charge < -0.3 is 4.57 Å². The molecule has 0 aliphatic rings. The van der Waals surface area contributed by atoms with Crippen molar-refractivity contribution in [2.45, 2.75) is 0 Å². The van der Waals surface area contributed by atoms with Crippen LogP contribution in [-0.2, 0) is 0 Å². The number of fused-ring (bicyclic) bond motifs is 9. The summed E-state index contributed by atoms with van der Waals surface area (Å²) in [5, 5.41) is 9.97. The lowest BCUT2D eigenvalue weighted by Gasteiger charge is -2.16. The van der Waals surface area contributed by atoms with E-state index in [0.717, 1.165) is 44.9 Å². The molecule has 0 fully saturated rings. The highest BCUT2D eigenvalue weighted by atomic mass is 15.0. The highest BCUT2D eigenvalue weighted by Crippen LogP contribution is 2.43. The molecule has 0 aliphatic heterocycles. The number of aromatic nitrogens is 3. The molecule has 0 saturated heterocycles. The zero-order valence-electron chi connectivity index (χ0n) is 36.5. The summed E-state index contributed by atoms with van der Waals surface area (Å²) in [7, 11) is 0. The van der Waals surface area contributed by atoms with Crippen molar-refractivity contribution in [3.05, 3.63) is 249 Å². The summed E-state index contributed by atoms with van der Waals surface area (Å²) < 4.78 is 2.40. The van der Waals surface area contributed by atoms with Gasteiger partial charge in [0.15, 0.2) is 5.82 Å². The molecule has 11 aromatic carbocycles. The van der Waals surface area contributed by atoms with Gasteiger partial charge >= 0.3 is 0 Å². The minimum atomic E-state index is 0.700. The Balaban J connectivity index is 0.950. The van der Waals surface area contributed by atoms with Crippen molar-refractivity contribution in [3.8, 4) is 73.0 Å². The number of nitrogens with zero attached hydrogens (tertiary/aromatic N) is 3. The average molecular weight is 852 g/mol. The lowest BCUT2D eigenvalue weighted by molar-refractivity contribution is 1.18. The van der Waals surface area contributed by atoms with Gasteiger partial charge in [-0.3, -0.25) is 0 Å². The fourth-order valence-electron chi connectivity index (χ4n) is 10.2. The summed E-state index contributed by atoms with van der Waals surface area (Å²) in [5.74, 6) is 0.700. The van der Waals surface area contributed by atoms with Crippen LogP contribution in [0.5, 0.6) is 0 Å². The topological polar surface area (TPSA) is 30.7 Å². The molecule has 0 atom stereocenters. The van der Waals surface area contributed by atoms with Crippen molar-refractivity contribution in [3.63, 3.8) is 0 Å². The standard InChI is InChI=1S/C64H41N3/c1-4-16-42(17-5-1)43-30-32-44(33-31-43)59-41-60(66-64(65-59)45-18-6-2-7-19-45)49-21-14-20-46(38-49)47-34-37-57-58(39-47)53-25-11-10-24-52(53)56-28-15-27-51(63(56)57)48-35-36-55-54-26-12-13-29-61(54)67(62(55)40-48)50-22-8-3-9-23-50/h1-41H. The van der Waals surface area contributed by atoms with Crippen molar-refractivity contribution < 1.29 is 0 Å². The van der Waals surface area contributed by atoms with E-state index in [1.807, 2.05) is 18.2 Å². The van der Waals surface area contributed by atoms with Gasteiger partial charge in [-0.2, -0.15) is 0 Å². The maximum Gasteiger partial charge on any atom is 0.160 e. The number of para-hydroxylation sites is 2. The molecule has 0 aliphatic carbocycles. The maximum atomic E-state index is 5.20. The second-order valence-corrected chi connectivity index (χ2v) is 17.3. The first-order valence-electron chi connectivity index (χ1n) is 22.9. The lowest BCUT2D eigenvalue weighted by atomic mass is 9.88. The third-order valence-electron chi connectivity index (χ3n) is 13.4. The minimum absolute atomic E-state index is 0.700. The highest BCUT2D eigenvalue weighted by Gasteiger charge is 2.18. The third kappa shape index (κ3) is 6.67. The van der Waals surface area contributed by atoms with E-state index in [-0.39, 0.29) is 0 Å². The van der Waals surface area contributed by atoms with Crippen LogP contribution in [0.3, 0.4) is 0 Å². The molecular formula is C64H41N3. The van der Waals surface area contributed by atoms with Crippen LogP contribution in [0.1, 0.15) is 0 Å². The highest BCUT2D eigenvalue weighted by molar-refractivity contribution is 6.29. The zero-order valence-corrected chi connectivity index (χ0v) is 36.5. The van der Waals surface area contributed by atoms with Crippen molar-refractivity contribution in [1.29, 1.82) is 0 Å². The van der Waals surface area contributed by atoms with Gasteiger partial charge in [-0.1, -0.05) is 206 Å². The fraction of sp³-hybridized carbons (Fsp3) is 0. The maximum absolute atomic E-state index is 5.20. The molecule has 0 radical (unpaired) electrons. The summed E-state index contributed by atoms with van der Waals surface area (Å²) >= 11 is 0. The first-order valence-corrected chi connectivity index (χ1v) is 22.9. The quantitative estimate of drug-likeness (QED) is 0.150. The summed E-state index contributed by atoms with van der Waals surface area (Å²) in [6.07, 6.45) is 0.